The first-order valence-electron chi connectivity index (χ1n) is 2.86. The summed E-state index contributed by atoms with van der Waals surface area (Å²) in [5, 5.41) is -1.13. The fourth-order valence-electron chi connectivity index (χ4n) is 0.677. The van der Waals surface area contributed by atoms with E-state index in [0.717, 1.165) is 6.07 Å². The van der Waals surface area contributed by atoms with E-state index in [1.54, 1.807) is 0 Å². The number of halogens is 4. The minimum atomic E-state index is -1.09. The smallest absolute Gasteiger partial charge is 0.163 e. The summed E-state index contributed by atoms with van der Waals surface area (Å²) in [6.45, 7) is 0. The third-order valence-electron chi connectivity index (χ3n) is 1.26. The van der Waals surface area contributed by atoms with E-state index in [-0.39, 0.29) is 16.9 Å². The average Bonchev–Trinajstić information content (AvgIpc) is 2.08. The van der Waals surface area contributed by atoms with Crippen LogP contribution in [0.4, 0.5) is 8.78 Å². The van der Waals surface area contributed by atoms with Gasteiger partial charge in [-0.15, -0.1) is 0 Å². The molecule has 0 saturated heterocycles. The van der Waals surface area contributed by atoms with Crippen molar-refractivity contribution in [3.05, 3.63) is 33.3 Å². The highest BCUT2D eigenvalue weighted by Crippen LogP contribution is 2.27. The quantitative estimate of drug-likeness (QED) is 0.396. The molecule has 0 spiro atoms. The molecule has 64 valence electrons. The van der Waals surface area contributed by atoms with Gasteiger partial charge in [-0.3, -0.25) is 4.79 Å². The molecule has 0 atom stereocenters. The van der Waals surface area contributed by atoms with E-state index >= 15 is 0 Å². The number of aldehydes is 1. The standard InChI is InChI=1S/C7H2Cl2F2O/c8-4-1-3(2-12)6(10)5(9)7(4)11/h1-2H. The molecule has 0 radical (unpaired) electrons. The zero-order chi connectivity index (χ0) is 9.30. The monoisotopic (exact) mass is 210 g/mol. The van der Waals surface area contributed by atoms with Crippen LogP contribution in [-0.2, 0) is 0 Å². The molecule has 0 aromatic heterocycles. The fraction of sp³-hybridized carbons (Fsp3) is 0. The summed E-state index contributed by atoms with van der Waals surface area (Å²) >= 11 is 10.5. The molecule has 0 unspecified atom stereocenters. The van der Waals surface area contributed by atoms with E-state index in [4.69, 9.17) is 23.2 Å². The van der Waals surface area contributed by atoms with E-state index in [2.05, 4.69) is 0 Å². The molecule has 1 nitrogen and oxygen atoms in total. The summed E-state index contributed by atoms with van der Waals surface area (Å²) in [5.74, 6) is -2.14. The van der Waals surface area contributed by atoms with Crippen molar-refractivity contribution in [1.82, 2.24) is 0 Å². The van der Waals surface area contributed by atoms with E-state index in [0.29, 0.717) is 0 Å². The van der Waals surface area contributed by atoms with Gasteiger partial charge >= 0.3 is 0 Å². The van der Waals surface area contributed by atoms with Crippen LogP contribution >= 0.6 is 23.2 Å². The molecule has 0 bridgehead atoms. The van der Waals surface area contributed by atoms with Crippen LogP contribution in [0.3, 0.4) is 0 Å². The molecule has 0 saturated carbocycles. The molecular weight excluding hydrogens is 209 g/mol. The molecular formula is C7H2Cl2F2O. The van der Waals surface area contributed by atoms with Gasteiger partial charge in [0.25, 0.3) is 0 Å². The van der Waals surface area contributed by atoms with Gasteiger partial charge in [0.15, 0.2) is 17.9 Å². The molecule has 5 heteroatoms. The van der Waals surface area contributed by atoms with Crippen LogP contribution in [0.15, 0.2) is 6.07 Å². The molecule has 0 aliphatic carbocycles. The summed E-state index contributed by atoms with van der Waals surface area (Å²) in [5.41, 5.74) is -0.355. The molecule has 0 aliphatic rings. The van der Waals surface area contributed by atoms with Crippen LogP contribution < -0.4 is 0 Å². The van der Waals surface area contributed by atoms with E-state index < -0.39 is 16.7 Å². The number of benzene rings is 1. The Morgan fingerprint density at radius 1 is 1.25 bits per heavy atom. The topological polar surface area (TPSA) is 17.1 Å². The Balaban J connectivity index is 3.49. The number of hydrogen-bond acceptors (Lipinski definition) is 1. The first-order valence-corrected chi connectivity index (χ1v) is 3.61. The highest BCUT2D eigenvalue weighted by atomic mass is 35.5. The van der Waals surface area contributed by atoms with Gasteiger partial charge in [-0.05, 0) is 6.07 Å². The first-order chi connectivity index (χ1) is 5.57. The zero-order valence-electron chi connectivity index (χ0n) is 5.57. The second-order valence-corrected chi connectivity index (χ2v) is 2.79. The van der Waals surface area contributed by atoms with Crippen molar-refractivity contribution in [1.29, 1.82) is 0 Å². The maximum Gasteiger partial charge on any atom is 0.163 e. The van der Waals surface area contributed by atoms with E-state index in [9.17, 15) is 13.6 Å². The van der Waals surface area contributed by atoms with Gasteiger partial charge in [0.1, 0.15) is 5.02 Å². The van der Waals surface area contributed by atoms with Crippen LogP contribution in [0.25, 0.3) is 0 Å². The summed E-state index contributed by atoms with van der Waals surface area (Å²) < 4.78 is 25.5. The van der Waals surface area contributed by atoms with Gasteiger partial charge in [-0.1, -0.05) is 23.2 Å². The van der Waals surface area contributed by atoms with Crippen LogP contribution in [0.1, 0.15) is 10.4 Å². The number of rotatable bonds is 1. The Bertz CT molecular complexity index is 339. The SMILES string of the molecule is O=Cc1cc(Cl)c(F)c(Cl)c1F. The van der Waals surface area contributed by atoms with Crippen molar-refractivity contribution < 1.29 is 13.6 Å². The van der Waals surface area contributed by atoms with Crippen molar-refractivity contribution >= 4 is 29.5 Å². The highest BCUT2D eigenvalue weighted by Gasteiger charge is 2.14. The van der Waals surface area contributed by atoms with E-state index in [1.807, 2.05) is 0 Å². The van der Waals surface area contributed by atoms with Gasteiger partial charge in [0.2, 0.25) is 0 Å². The minimum absolute atomic E-state index is 0.215. The predicted octanol–water partition coefficient (Wildman–Crippen LogP) is 3.08. The lowest BCUT2D eigenvalue weighted by Crippen LogP contribution is -1.92. The molecule has 0 heterocycles. The summed E-state index contributed by atoms with van der Waals surface area (Å²) in [7, 11) is 0. The number of hydrogen-bond donors (Lipinski definition) is 0. The number of carbonyl (C=O) groups excluding carboxylic acids is 1. The van der Waals surface area contributed by atoms with Crippen LogP contribution in [0.5, 0.6) is 0 Å². The second-order valence-electron chi connectivity index (χ2n) is 2.01. The molecule has 0 aliphatic heterocycles. The lowest BCUT2D eigenvalue weighted by molar-refractivity contribution is 0.111. The Hall–Kier alpha value is -0.670. The largest absolute Gasteiger partial charge is 0.298 e. The maximum atomic E-state index is 12.8. The van der Waals surface area contributed by atoms with Crippen LogP contribution in [0, 0.1) is 11.6 Å². The fourth-order valence-corrected chi connectivity index (χ4v) is 1.15. The van der Waals surface area contributed by atoms with Crippen molar-refractivity contribution in [3.63, 3.8) is 0 Å². The molecule has 0 amide bonds. The average molecular weight is 211 g/mol. The first kappa shape index (κ1) is 9.42. The molecule has 1 aromatic carbocycles. The Labute approximate surface area is 76.9 Å². The Kier molecular flexibility index (Phi) is 2.65. The Morgan fingerprint density at radius 3 is 2.33 bits per heavy atom. The maximum absolute atomic E-state index is 12.8. The molecule has 0 N–H and O–H groups in total. The lowest BCUT2D eigenvalue weighted by atomic mass is 10.2. The normalized spacial score (nSPS) is 10.0. The van der Waals surface area contributed by atoms with Gasteiger partial charge in [0, 0.05) is 0 Å². The zero-order valence-corrected chi connectivity index (χ0v) is 7.09. The van der Waals surface area contributed by atoms with Crippen molar-refractivity contribution in [2.75, 3.05) is 0 Å². The third kappa shape index (κ3) is 1.42. The number of carbonyl (C=O) groups is 1. The van der Waals surface area contributed by atoms with Crippen LogP contribution in [-0.4, -0.2) is 6.29 Å². The molecule has 12 heavy (non-hydrogen) atoms. The van der Waals surface area contributed by atoms with Gasteiger partial charge < -0.3 is 0 Å². The van der Waals surface area contributed by atoms with Crippen molar-refractivity contribution in [2.24, 2.45) is 0 Å². The summed E-state index contributed by atoms with van der Waals surface area (Å²) in [4.78, 5) is 10.2. The summed E-state index contributed by atoms with van der Waals surface area (Å²) in [6, 6.07) is 0.880. The van der Waals surface area contributed by atoms with E-state index in [1.165, 1.54) is 0 Å². The van der Waals surface area contributed by atoms with Gasteiger partial charge in [0.05, 0.1) is 10.6 Å². The van der Waals surface area contributed by atoms with Crippen molar-refractivity contribution in [2.45, 2.75) is 0 Å². The lowest BCUT2D eigenvalue weighted by Gasteiger charge is -2.00. The second kappa shape index (κ2) is 3.37. The molecule has 1 rings (SSSR count). The Morgan fingerprint density at radius 2 is 1.83 bits per heavy atom. The van der Waals surface area contributed by atoms with Crippen molar-refractivity contribution in [3.8, 4) is 0 Å². The van der Waals surface area contributed by atoms with Gasteiger partial charge in [-0.25, -0.2) is 8.78 Å². The third-order valence-corrected chi connectivity index (χ3v) is 1.86. The molecule has 1 aromatic rings. The minimum Gasteiger partial charge on any atom is -0.298 e. The predicted molar refractivity (Wildman–Crippen MR) is 41.8 cm³/mol. The van der Waals surface area contributed by atoms with Gasteiger partial charge in [-0.2, -0.15) is 0 Å². The summed E-state index contributed by atoms with van der Waals surface area (Å²) in [6.07, 6.45) is 0.215. The van der Waals surface area contributed by atoms with Crippen LogP contribution in [0.2, 0.25) is 10.0 Å². The molecule has 0 fully saturated rings. The highest BCUT2D eigenvalue weighted by molar-refractivity contribution is 6.35.